The molecule has 0 spiro atoms. The maximum atomic E-state index is 11.6. The summed E-state index contributed by atoms with van der Waals surface area (Å²) in [7, 11) is 0. The number of rotatable bonds is 4. The fraction of sp³-hybridized carbons (Fsp3) is 0.417. The van der Waals surface area contributed by atoms with Crippen LogP contribution in [0.5, 0.6) is 0 Å². The third-order valence-electron chi connectivity index (χ3n) is 2.51. The summed E-state index contributed by atoms with van der Waals surface area (Å²) in [6.45, 7) is 3.84. The SMILES string of the molecule is CCC(N)C(=O)N[C@H](C)c1ccccc1Br. The van der Waals surface area contributed by atoms with Crippen LogP contribution in [0.2, 0.25) is 0 Å². The van der Waals surface area contributed by atoms with Crippen LogP contribution in [-0.4, -0.2) is 11.9 Å². The minimum Gasteiger partial charge on any atom is -0.348 e. The van der Waals surface area contributed by atoms with Gasteiger partial charge in [-0.15, -0.1) is 0 Å². The van der Waals surface area contributed by atoms with Crippen molar-refractivity contribution in [2.45, 2.75) is 32.4 Å². The minimum atomic E-state index is -0.426. The van der Waals surface area contributed by atoms with Crippen molar-refractivity contribution in [1.82, 2.24) is 5.32 Å². The average Bonchev–Trinajstić information content (AvgIpc) is 2.28. The van der Waals surface area contributed by atoms with Gasteiger partial charge in [0.05, 0.1) is 12.1 Å². The summed E-state index contributed by atoms with van der Waals surface area (Å²) in [6, 6.07) is 7.36. The Morgan fingerprint density at radius 2 is 2.12 bits per heavy atom. The number of halogens is 1. The van der Waals surface area contributed by atoms with Crippen LogP contribution in [0.3, 0.4) is 0 Å². The van der Waals surface area contributed by atoms with E-state index in [0.717, 1.165) is 10.0 Å². The smallest absolute Gasteiger partial charge is 0.237 e. The monoisotopic (exact) mass is 284 g/mol. The molecular formula is C12H17BrN2O. The molecule has 88 valence electrons. The van der Waals surface area contributed by atoms with Crippen LogP contribution in [0.25, 0.3) is 0 Å². The highest BCUT2D eigenvalue weighted by Crippen LogP contribution is 2.22. The van der Waals surface area contributed by atoms with Gasteiger partial charge in [-0.05, 0) is 25.0 Å². The third kappa shape index (κ3) is 3.32. The topological polar surface area (TPSA) is 55.1 Å². The molecule has 0 fully saturated rings. The average molecular weight is 285 g/mol. The summed E-state index contributed by atoms with van der Waals surface area (Å²) < 4.78 is 0.993. The second-order valence-electron chi connectivity index (χ2n) is 3.77. The van der Waals surface area contributed by atoms with Crippen molar-refractivity contribution in [1.29, 1.82) is 0 Å². The first-order valence-corrected chi connectivity index (χ1v) is 6.16. The molecule has 0 saturated heterocycles. The number of hydrogen-bond donors (Lipinski definition) is 2. The Kier molecular flexibility index (Phi) is 4.96. The molecule has 0 heterocycles. The number of hydrogen-bond acceptors (Lipinski definition) is 2. The van der Waals surface area contributed by atoms with Crippen LogP contribution in [0.15, 0.2) is 28.7 Å². The first-order valence-electron chi connectivity index (χ1n) is 5.36. The molecule has 0 aromatic heterocycles. The maximum absolute atomic E-state index is 11.6. The van der Waals surface area contributed by atoms with Gasteiger partial charge in [0, 0.05) is 4.47 Å². The van der Waals surface area contributed by atoms with Crippen molar-refractivity contribution in [3.05, 3.63) is 34.3 Å². The molecule has 16 heavy (non-hydrogen) atoms. The van der Waals surface area contributed by atoms with Crippen molar-refractivity contribution >= 4 is 21.8 Å². The quantitative estimate of drug-likeness (QED) is 0.892. The predicted octanol–water partition coefficient (Wildman–Crippen LogP) is 2.36. The van der Waals surface area contributed by atoms with E-state index in [1.807, 2.05) is 38.1 Å². The maximum Gasteiger partial charge on any atom is 0.237 e. The Balaban J connectivity index is 2.69. The highest BCUT2D eigenvalue weighted by Gasteiger charge is 2.15. The minimum absolute atomic E-state index is 0.0410. The van der Waals surface area contributed by atoms with Gasteiger partial charge < -0.3 is 11.1 Å². The van der Waals surface area contributed by atoms with Crippen LogP contribution in [0, 0.1) is 0 Å². The Labute approximate surface area is 105 Å². The molecule has 0 aliphatic heterocycles. The lowest BCUT2D eigenvalue weighted by Crippen LogP contribution is -2.41. The second kappa shape index (κ2) is 6.01. The zero-order valence-corrected chi connectivity index (χ0v) is 11.1. The molecular weight excluding hydrogens is 268 g/mol. The molecule has 4 heteroatoms. The lowest BCUT2D eigenvalue weighted by molar-refractivity contribution is -0.123. The van der Waals surface area contributed by atoms with E-state index in [1.165, 1.54) is 0 Å². The molecule has 3 nitrogen and oxygen atoms in total. The Morgan fingerprint density at radius 3 is 2.69 bits per heavy atom. The van der Waals surface area contributed by atoms with Crippen LogP contribution in [0.1, 0.15) is 31.9 Å². The molecule has 0 aliphatic carbocycles. The van der Waals surface area contributed by atoms with E-state index >= 15 is 0 Å². The first kappa shape index (κ1) is 13.2. The van der Waals surface area contributed by atoms with E-state index < -0.39 is 6.04 Å². The summed E-state index contributed by atoms with van der Waals surface area (Å²) >= 11 is 3.46. The molecule has 3 N–H and O–H groups in total. The van der Waals surface area contributed by atoms with Crippen LogP contribution in [-0.2, 0) is 4.79 Å². The molecule has 1 amide bonds. The number of nitrogens with one attached hydrogen (secondary N) is 1. The predicted molar refractivity (Wildman–Crippen MR) is 69.0 cm³/mol. The summed E-state index contributed by atoms with van der Waals surface area (Å²) in [6.07, 6.45) is 0.647. The normalized spacial score (nSPS) is 14.2. The number of carbonyl (C=O) groups excluding carboxylic acids is 1. The molecule has 0 aliphatic rings. The van der Waals surface area contributed by atoms with Crippen molar-refractivity contribution in [3.8, 4) is 0 Å². The first-order chi connectivity index (χ1) is 7.56. The van der Waals surface area contributed by atoms with Crippen LogP contribution < -0.4 is 11.1 Å². The third-order valence-corrected chi connectivity index (χ3v) is 3.23. The van der Waals surface area contributed by atoms with E-state index in [4.69, 9.17) is 5.73 Å². The van der Waals surface area contributed by atoms with Crippen molar-refractivity contribution in [2.24, 2.45) is 5.73 Å². The van der Waals surface area contributed by atoms with Gasteiger partial charge in [0.15, 0.2) is 0 Å². The van der Waals surface area contributed by atoms with E-state index in [1.54, 1.807) is 0 Å². The van der Waals surface area contributed by atoms with Crippen molar-refractivity contribution < 1.29 is 4.79 Å². The summed E-state index contributed by atoms with van der Waals surface area (Å²) in [5.41, 5.74) is 6.71. The van der Waals surface area contributed by atoms with E-state index in [0.29, 0.717) is 6.42 Å². The fourth-order valence-electron chi connectivity index (χ4n) is 1.41. The zero-order chi connectivity index (χ0) is 12.1. The van der Waals surface area contributed by atoms with Crippen LogP contribution in [0.4, 0.5) is 0 Å². The zero-order valence-electron chi connectivity index (χ0n) is 9.53. The van der Waals surface area contributed by atoms with Gasteiger partial charge in [-0.1, -0.05) is 41.1 Å². The summed E-state index contributed by atoms with van der Waals surface area (Å²) in [4.78, 5) is 11.6. The molecule has 0 bridgehead atoms. The standard InChI is InChI=1S/C12H17BrN2O/c1-3-11(14)12(16)15-8(2)9-6-4-5-7-10(9)13/h4-8,11H,3,14H2,1-2H3,(H,15,16)/t8-,11?/m1/s1. The number of nitrogens with two attached hydrogens (primary N) is 1. The molecule has 2 atom stereocenters. The summed E-state index contributed by atoms with van der Waals surface area (Å²) in [5.74, 6) is -0.106. The van der Waals surface area contributed by atoms with E-state index in [2.05, 4.69) is 21.2 Å². The molecule has 0 saturated carbocycles. The van der Waals surface area contributed by atoms with Gasteiger partial charge in [0.25, 0.3) is 0 Å². The van der Waals surface area contributed by atoms with Gasteiger partial charge in [0.1, 0.15) is 0 Å². The molecule has 0 radical (unpaired) electrons. The Hall–Kier alpha value is -0.870. The largest absolute Gasteiger partial charge is 0.348 e. The lowest BCUT2D eigenvalue weighted by Gasteiger charge is -2.18. The van der Waals surface area contributed by atoms with E-state index in [-0.39, 0.29) is 11.9 Å². The van der Waals surface area contributed by atoms with Gasteiger partial charge in [0.2, 0.25) is 5.91 Å². The van der Waals surface area contributed by atoms with Gasteiger partial charge in [-0.25, -0.2) is 0 Å². The molecule has 1 aromatic rings. The van der Waals surface area contributed by atoms with Crippen molar-refractivity contribution in [3.63, 3.8) is 0 Å². The van der Waals surface area contributed by atoms with Crippen molar-refractivity contribution in [2.75, 3.05) is 0 Å². The highest BCUT2D eigenvalue weighted by molar-refractivity contribution is 9.10. The van der Waals surface area contributed by atoms with Gasteiger partial charge in [-0.2, -0.15) is 0 Å². The Bertz CT molecular complexity index is 368. The van der Waals surface area contributed by atoms with E-state index in [9.17, 15) is 4.79 Å². The summed E-state index contributed by atoms with van der Waals surface area (Å²) in [5, 5.41) is 2.89. The Morgan fingerprint density at radius 1 is 1.50 bits per heavy atom. The number of benzene rings is 1. The van der Waals surface area contributed by atoms with Gasteiger partial charge in [-0.3, -0.25) is 4.79 Å². The van der Waals surface area contributed by atoms with Crippen LogP contribution >= 0.6 is 15.9 Å². The number of amides is 1. The fourth-order valence-corrected chi connectivity index (χ4v) is 2.04. The molecule has 1 aromatic carbocycles. The van der Waals surface area contributed by atoms with Gasteiger partial charge >= 0.3 is 0 Å². The highest BCUT2D eigenvalue weighted by atomic mass is 79.9. The molecule has 1 unspecified atom stereocenters. The second-order valence-corrected chi connectivity index (χ2v) is 4.62. The molecule has 1 rings (SSSR count). The lowest BCUT2D eigenvalue weighted by atomic mass is 10.1. The number of carbonyl (C=O) groups is 1.